The van der Waals surface area contributed by atoms with E-state index in [1.165, 1.54) is 0 Å². The smallest absolute Gasteiger partial charge is 0.142 e. The van der Waals surface area contributed by atoms with Gasteiger partial charge in [-0.1, -0.05) is 32.9 Å². The normalized spacial score (nSPS) is 13.5. The van der Waals surface area contributed by atoms with Crippen LogP contribution in [-0.2, 0) is 4.74 Å². The molecule has 0 heterocycles. The second kappa shape index (κ2) is 8.11. The Hall–Kier alpha value is -0.450. The third-order valence-electron chi connectivity index (χ3n) is 3.86. The summed E-state index contributed by atoms with van der Waals surface area (Å²) in [5, 5.41) is 3.41. The molecule has 20 heavy (non-hydrogen) atoms. The van der Waals surface area contributed by atoms with E-state index in [-0.39, 0.29) is 17.5 Å². The molecular formula is C16H25BrFNO. The molecule has 0 aliphatic heterocycles. The van der Waals surface area contributed by atoms with Crippen molar-refractivity contribution >= 4 is 15.9 Å². The number of likely N-dealkylation sites (N-methyl/N-ethyl adjacent to an activating group) is 1. The molecule has 1 N–H and O–H groups in total. The van der Waals surface area contributed by atoms with Crippen LogP contribution in [0.25, 0.3) is 0 Å². The van der Waals surface area contributed by atoms with Crippen molar-refractivity contribution in [3.63, 3.8) is 0 Å². The summed E-state index contributed by atoms with van der Waals surface area (Å²) in [4.78, 5) is 0. The predicted molar refractivity (Wildman–Crippen MR) is 85.5 cm³/mol. The zero-order valence-corrected chi connectivity index (χ0v) is 14.4. The molecule has 0 saturated heterocycles. The molecule has 4 heteroatoms. The minimum Gasteiger partial charge on any atom is -0.373 e. The van der Waals surface area contributed by atoms with Gasteiger partial charge in [0.15, 0.2) is 0 Å². The number of hydrogen-bond donors (Lipinski definition) is 1. The van der Waals surface area contributed by atoms with Gasteiger partial charge < -0.3 is 10.1 Å². The van der Waals surface area contributed by atoms with Crippen molar-refractivity contribution in [3.8, 4) is 0 Å². The molecule has 0 aliphatic rings. The highest BCUT2D eigenvalue weighted by Gasteiger charge is 2.38. The van der Waals surface area contributed by atoms with Crippen molar-refractivity contribution in [2.75, 3.05) is 13.2 Å². The van der Waals surface area contributed by atoms with E-state index in [0.717, 1.165) is 19.4 Å². The predicted octanol–water partition coefficient (Wildman–Crippen LogP) is 4.83. The van der Waals surface area contributed by atoms with Gasteiger partial charge in [0, 0.05) is 12.2 Å². The Morgan fingerprint density at radius 2 is 1.90 bits per heavy atom. The lowest BCUT2D eigenvalue weighted by Crippen LogP contribution is -2.46. The van der Waals surface area contributed by atoms with E-state index >= 15 is 0 Å². The number of halogens is 2. The lowest BCUT2D eigenvalue weighted by molar-refractivity contribution is -0.0737. The molecule has 0 bridgehead atoms. The van der Waals surface area contributed by atoms with Crippen LogP contribution in [0.4, 0.5) is 4.39 Å². The van der Waals surface area contributed by atoms with Gasteiger partial charge in [0.1, 0.15) is 5.82 Å². The molecule has 2 nitrogen and oxygen atoms in total. The average molecular weight is 346 g/mol. The largest absolute Gasteiger partial charge is 0.373 e. The fourth-order valence-corrected chi connectivity index (χ4v) is 3.14. The summed E-state index contributed by atoms with van der Waals surface area (Å²) in [5.41, 5.74) is 0.283. The number of hydrogen-bond acceptors (Lipinski definition) is 2. The number of ether oxygens (including phenoxy) is 1. The van der Waals surface area contributed by atoms with Crippen molar-refractivity contribution in [2.45, 2.75) is 52.2 Å². The van der Waals surface area contributed by atoms with Crippen LogP contribution in [0.1, 0.15) is 52.1 Å². The Balaban J connectivity index is 3.30. The maximum atomic E-state index is 14.5. The first-order valence-electron chi connectivity index (χ1n) is 7.37. The van der Waals surface area contributed by atoms with Crippen LogP contribution in [0.3, 0.4) is 0 Å². The molecule has 1 aromatic carbocycles. The first kappa shape index (κ1) is 17.6. The van der Waals surface area contributed by atoms with E-state index < -0.39 is 0 Å². The zero-order chi connectivity index (χ0) is 15.2. The van der Waals surface area contributed by atoms with Crippen molar-refractivity contribution in [1.29, 1.82) is 0 Å². The van der Waals surface area contributed by atoms with Crippen LogP contribution >= 0.6 is 15.9 Å². The van der Waals surface area contributed by atoms with Gasteiger partial charge in [0.25, 0.3) is 0 Å². The summed E-state index contributed by atoms with van der Waals surface area (Å²) >= 11 is 3.27. The maximum absolute atomic E-state index is 14.5. The number of nitrogens with one attached hydrogen (secondary N) is 1. The van der Waals surface area contributed by atoms with Gasteiger partial charge >= 0.3 is 0 Å². The molecule has 114 valence electrons. The van der Waals surface area contributed by atoms with Crippen LogP contribution in [0.15, 0.2) is 22.7 Å². The van der Waals surface area contributed by atoms with Gasteiger partial charge in [-0.25, -0.2) is 4.39 Å². The van der Waals surface area contributed by atoms with Gasteiger partial charge in [-0.05, 0) is 48.3 Å². The molecule has 1 aromatic rings. The van der Waals surface area contributed by atoms with Crippen LogP contribution in [0.2, 0.25) is 0 Å². The van der Waals surface area contributed by atoms with Crippen molar-refractivity contribution in [3.05, 3.63) is 34.1 Å². The first-order chi connectivity index (χ1) is 9.56. The summed E-state index contributed by atoms with van der Waals surface area (Å²) in [6, 6.07) is 5.28. The standard InChI is InChI=1S/C16H25BrFNO/c1-5-16(6-2,20-8-4)15(19-7-3)12-10-9-11-13(17)14(12)18/h9-11,15,19H,5-8H2,1-4H3. The van der Waals surface area contributed by atoms with Crippen molar-refractivity contribution < 1.29 is 9.13 Å². The molecule has 0 fully saturated rings. The Morgan fingerprint density at radius 1 is 1.25 bits per heavy atom. The minimum atomic E-state index is -0.383. The highest BCUT2D eigenvalue weighted by molar-refractivity contribution is 9.10. The highest BCUT2D eigenvalue weighted by Crippen LogP contribution is 2.37. The van der Waals surface area contributed by atoms with E-state index in [0.29, 0.717) is 16.6 Å². The second-order valence-corrected chi connectivity index (χ2v) is 5.69. The Kier molecular flexibility index (Phi) is 7.13. The lowest BCUT2D eigenvalue weighted by atomic mass is 9.83. The molecule has 0 aromatic heterocycles. The van der Waals surface area contributed by atoms with Crippen molar-refractivity contribution in [1.82, 2.24) is 5.32 Å². The summed E-state index contributed by atoms with van der Waals surface area (Å²) in [7, 11) is 0. The van der Waals surface area contributed by atoms with Crippen molar-refractivity contribution in [2.24, 2.45) is 0 Å². The lowest BCUT2D eigenvalue weighted by Gasteiger charge is -2.40. The van der Waals surface area contributed by atoms with Gasteiger partial charge in [0.05, 0.1) is 16.1 Å². The fraction of sp³-hybridized carbons (Fsp3) is 0.625. The second-order valence-electron chi connectivity index (χ2n) is 4.84. The van der Waals surface area contributed by atoms with E-state index in [9.17, 15) is 4.39 Å². The number of rotatable bonds is 8. The summed E-state index contributed by atoms with van der Waals surface area (Å²) in [6.45, 7) is 9.61. The molecule has 0 aliphatic carbocycles. The molecule has 1 unspecified atom stereocenters. The van der Waals surface area contributed by atoms with Crippen LogP contribution in [0.5, 0.6) is 0 Å². The zero-order valence-electron chi connectivity index (χ0n) is 12.8. The van der Waals surface area contributed by atoms with Gasteiger partial charge in [-0.2, -0.15) is 0 Å². The molecule has 0 amide bonds. The van der Waals surface area contributed by atoms with Gasteiger partial charge in [-0.15, -0.1) is 0 Å². The Bertz CT molecular complexity index is 421. The average Bonchev–Trinajstić information content (AvgIpc) is 2.46. The third kappa shape index (κ3) is 3.60. The summed E-state index contributed by atoms with van der Waals surface area (Å²) in [5.74, 6) is -0.204. The molecule has 0 saturated carbocycles. The van der Waals surface area contributed by atoms with Gasteiger partial charge in [0.2, 0.25) is 0 Å². The molecule has 0 spiro atoms. The fourth-order valence-electron chi connectivity index (χ4n) is 2.76. The maximum Gasteiger partial charge on any atom is 0.142 e. The molecular weight excluding hydrogens is 321 g/mol. The monoisotopic (exact) mass is 345 g/mol. The highest BCUT2D eigenvalue weighted by atomic mass is 79.9. The Morgan fingerprint density at radius 3 is 2.40 bits per heavy atom. The van der Waals surface area contributed by atoms with Gasteiger partial charge in [-0.3, -0.25) is 0 Å². The topological polar surface area (TPSA) is 21.3 Å². The minimum absolute atomic E-state index is 0.153. The number of benzene rings is 1. The van der Waals surface area contributed by atoms with Crippen LogP contribution < -0.4 is 5.32 Å². The quantitative estimate of drug-likeness (QED) is 0.728. The SMILES string of the molecule is CCNC(c1cccc(Br)c1F)C(CC)(CC)OCC. The molecule has 1 rings (SSSR count). The van der Waals surface area contributed by atoms with Crippen LogP contribution in [0, 0.1) is 5.82 Å². The van der Waals surface area contributed by atoms with E-state index in [1.54, 1.807) is 6.07 Å². The van der Waals surface area contributed by atoms with E-state index in [1.807, 2.05) is 26.0 Å². The summed E-state index contributed by atoms with van der Waals surface area (Å²) < 4.78 is 21.0. The van der Waals surface area contributed by atoms with Crippen LogP contribution in [-0.4, -0.2) is 18.8 Å². The Labute approximate surface area is 130 Å². The first-order valence-corrected chi connectivity index (χ1v) is 8.16. The summed E-state index contributed by atoms with van der Waals surface area (Å²) in [6.07, 6.45) is 1.67. The third-order valence-corrected chi connectivity index (χ3v) is 4.47. The van der Waals surface area contributed by atoms with E-state index in [4.69, 9.17) is 4.74 Å². The molecule has 1 atom stereocenters. The van der Waals surface area contributed by atoms with E-state index in [2.05, 4.69) is 35.1 Å². The molecule has 0 radical (unpaired) electrons.